The summed E-state index contributed by atoms with van der Waals surface area (Å²) >= 11 is 0. The van der Waals surface area contributed by atoms with Gasteiger partial charge in [0.25, 0.3) is 0 Å². The molecule has 3 heteroatoms. The smallest absolute Gasteiger partial charge is 0.120 e. The van der Waals surface area contributed by atoms with Crippen molar-refractivity contribution in [2.24, 2.45) is 5.92 Å². The minimum absolute atomic E-state index is 0.250. The van der Waals surface area contributed by atoms with Gasteiger partial charge in [-0.2, -0.15) is 0 Å². The number of likely N-dealkylation sites (N-methyl/N-ethyl adjacent to an activating group) is 1. The van der Waals surface area contributed by atoms with E-state index >= 15 is 0 Å². The molecule has 1 saturated carbocycles. The highest BCUT2D eigenvalue weighted by molar-refractivity contribution is 5.32. The van der Waals surface area contributed by atoms with Crippen molar-refractivity contribution in [3.63, 3.8) is 0 Å². The summed E-state index contributed by atoms with van der Waals surface area (Å²) in [7, 11) is 2.01. The Kier molecular flexibility index (Phi) is 3.76. The summed E-state index contributed by atoms with van der Waals surface area (Å²) in [5.41, 5.74) is 1.26. The molecule has 0 amide bonds. The summed E-state index contributed by atoms with van der Waals surface area (Å²) in [6, 6.07) is 8.70. The predicted octanol–water partition coefficient (Wildman–Crippen LogP) is 2.91. The number of nitrogens with one attached hydrogen (secondary N) is 1. The molecule has 3 unspecified atom stereocenters. The summed E-state index contributed by atoms with van der Waals surface area (Å²) < 4.78 is 11.8. The van der Waals surface area contributed by atoms with Gasteiger partial charge in [-0.05, 0) is 49.9 Å². The van der Waals surface area contributed by atoms with Gasteiger partial charge in [0.05, 0.1) is 18.2 Å². The van der Waals surface area contributed by atoms with Crippen LogP contribution in [-0.4, -0.2) is 25.9 Å². The number of hydrogen-bond donors (Lipinski definition) is 1. The minimum Gasteiger partial charge on any atom is -0.490 e. The van der Waals surface area contributed by atoms with Gasteiger partial charge in [-0.25, -0.2) is 0 Å². The van der Waals surface area contributed by atoms with Crippen molar-refractivity contribution in [3.8, 4) is 5.75 Å². The van der Waals surface area contributed by atoms with E-state index in [2.05, 4.69) is 30.4 Å². The topological polar surface area (TPSA) is 30.5 Å². The summed E-state index contributed by atoms with van der Waals surface area (Å²) in [6.07, 6.45) is 4.26. The van der Waals surface area contributed by atoms with Crippen molar-refractivity contribution in [1.82, 2.24) is 5.32 Å². The minimum atomic E-state index is 0.250. The molecule has 3 atom stereocenters. The van der Waals surface area contributed by atoms with E-state index in [0.717, 1.165) is 18.8 Å². The van der Waals surface area contributed by atoms with Crippen molar-refractivity contribution in [2.75, 3.05) is 13.7 Å². The Morgan fingerprint density at radius 3 is 2.79 bits per heavy atom. The maximum Gasteiger partial charge on any atom is 0.120 e. The molecule has 0 spiro atoms. The van der Waals surface area contributed by atoms with E-state index in [1.165, 1.54) is 18.4 Å². The van der Waals surface area contributed by atoms with Crippen molar-refractivity contribution >= 4 is 0 Å². The van der Waals surface area contributed by atoms with Gasteiger partial charge in [-0.3, -0.25) is 0 Å². The van der Waals surface area contributed by atoms with Gasteiger partial charge in [0.2, 0.25) is 0 Å². The van der Waals surface area contributed by atoms with E-state index in [1.807, 2.05) is 13.1 Å². The molecule has 2 aliphatic rings. The molecule has 1 aromatic carbocycles. The summed E-state index contributed by atoms with van der Waals surface area (Å²) in [6.45, 7) is 3.15. The lowest BCUT2D eigenvalue weighted by Gasteiger charge is -2.26. The second-order valence-electron chi connectivity index (χ2n) is 5.76. The molecule has 0 radical (unpaired) electrons. The number of hydrogen-bond acceptors (Lipinski definition) is 3. The van der Waals surface area contributed by atoms with Crippen LogP contribution in [0.2, 0.25) is 0 Å². The molecule has 19 heavy (non-hydrogen) atoms. The van der Waals surface area contributed by atoms with Gasteiger partial charge in [0.15, 0.2) is 0 Å². The normalized spacial score (nSPS) is 28.3. The third-order valence-electron chi connectivity index (χ3n) is 4.13. The second-order valence-corrected chi connectivity index (χ2v) is 5.76. The molecule has 0 bridgehead atoms. The zero-order valence-corrected chi connectivity index (χ0v) is 11.8. The van der Waals surface area contributed by atoms with Crippen LogP contribution in [0.4, 0.5) is 0 Å². The Bertz CT molecular complexity index is 431. The number of rotatable bonds is 5. The average Bonchev–Trinajstić information content (AvgIpc) is 3.13. The zero-order valence-electron chi connectivity index (χ0n) is 11.8. The molecular formula is C16H23NO2. The largest absolute Gasteiger partial charge is 0.490 e. The molecule has 1 aliphatic carbocycles. The molecule has 3 nitrogen and oxygen atoms in total. The van der Waals surface area contributed by atoms with E-state index in [-0.39, 0.29) is 12.1 Å². The highest BCUT2D eigenvalue weighted by Gasteiger charge is 2.32. The highest BCUT2D eigenvalue weighted by atomic mass is 16.5. The van der Waals surface area contributed by atoms with Crippen LogP contribution < -0.4 is 10.1 Å². The highest BCUT2D eigenvalue weighted by Crippen LogP contribution is 2.33. The third-order valence-corrected chi connectivity index (χ3v) is 4.13. The fourth-order valence-electron chi connectivity index (χ4n) is 2.82. The zero-order chi connectivity index (χ0) is 13.2. The van der Waals surface area contributed by atoms with E-state index in [0.29, 0.717) is 12.0 Å². The van der Waals surface area contributed by atoms with Crippen LogP contribution in [0.3, 0.4) is 0 Å². The molecule has 3 rings (SSSR count). The van der Waals surface area contributed by atoms with Gasteiger partial charge in [0.1, 0.15) is 5.75 Å². The van der Waals surface area contributed by atoms with Gasteiger partial charge in [-0.15, -0.1) is 0 Å². The fourth-order valence-corrected chi connectivity index (χ4v) is 2.82. The summed E-state index contributed by atoms with van der Waals surface area (Å²) in [5, 5.41) is 3.41. The van der Waals surface area contributed by atoms with E-state index in [4.69, 9.17) is 9.47 Å². The standard InChI is InChI=1S/C16H23NO2/c1-11-8-9-18-16(11)15(17-2)12-4-3-5-14(10-12)19-13-6-7-13/h3-5,10-11,13,15-17H,6-9H2,1-2H3. The average molecular weight is 261 g/mol. The molecule has 104 valence electrons. The summed E-state index contributed by atoms with van der Waals surface area (Å²) in [5.74, 6) is 1.59. The van der Waals surface area contributed by atoms with E-state index in [9.17, 15) is 0 Å². The van der Waals surface area contributed by atoms with E-state index in [1.54, 1.807) is 0 Å². The van der Waals surface area contributed by atoms with E-state index < -0.39 is 0 Å². The Balaban J connectivity index is 1.77. The third kappa shape index (κ3) is 2.93. The maximum absolute atomic E-state index is 5.90. The van der Waals surface area contributed by atoms with Crippen molar-refractivity contribution in [2.45, 2.75) is 44.4 Å². The predicted molar refractivity (Wildman–Crippen MR) is 75.4 cm³/mol. The first-order valence-electron chi connectivity index (χ1n) is 7.33. The molecule has 1 aromatic rings. The van der Waals surface area contributed by atoms with Crippen LogP contribution in [0.1, 0.15) is 37.8 Å². The lowest BCUT2D eigenvalue weighted by atomic mass is 9.92. The van der Waals surface area contributed by atoms with Crippen LogP contribution in [0, 0.1) is 5.92 Å². The van der Waals surface area contributed by atoms with Crippen LogP contribution in [0.15, 0.2) is 24.3 Å². The molecule has 0 aromatic heterocycles. The molecule has 1 saturated heterocycles. The fraction of sp³-hybridized carbons (Fsp3) is 0.625. The monoisotopic (exact) mass is 261 g/mol. The lowest BCUT2D eigenvalue weighted by Crippen LogP contribution is -2.32. The van der Waals surface area contributed by atoms with Crippen LogP contribution in [-0.2, 0) is 4.74 Å². The Morgan fingerprint density at radius 1 is 1.32 bits per heavy atom. The first-order valence-corrected chi connectivity index (χ1v) is 7.33. The molecule has 1 aliphatic heterocycles. The van der Waals surface area contributed by atoms with Crippen molar-refractivity contribution in [3.05, 3.63) is 29.8 Å². The Morgan fingerprint density at radius 2 is 2.16 bits per heavy atom. The number of ether oxygens (including phenoxy) is 2. The van der Waals surface area contributed by atoms with Crippen molar-refractivity contribution in [1.29, 1.82) is 0 Å². The van der Waals surface area contributed by atoms with Crippen molar-refractivity contribution < 1.29 is 9.47 Å². The lowest BCUT2D eigenvalue weighted by molar-refractivity contribution is 0.0630. The second kappa shape index (κ2) is 5.51. The van der Waals surface area contributed by atoms with Crippen LogP contribution in [0.5, 0.6) is 5.75 Å². The summed E-state index contributed by atoms with van der Waals surface area (Å²) in [4.78, 5) is 0. The van der Waals surface area contributed by atoms with Gasteiger partial charge < -0.3 is 14.8 Å². The van der Waals surface area contributed by atoms with Crippen LogP contribution >= 0.6 is 0 Å². The number of benzene rings is 1. The molecule has 2 fully saturated rings. The maximum atomic E-state index is 5.90. The van der Waals surface area contributed by atoms with Crippen LogP contribution in [0.25, 0.3) is 0 Å². The quantitative estimate of drug-likeness (QED) is 0.884. The Hall–Kier alpha value is -1.06. The molecule has 1 N–H and O–H groups in total. The first kappa shape index (κ1) is 12.9. The molecular weight excluding hydrogens is 238 g/mol. The Labute approximate surface area is 115 Å². The van der Waals surface area contributed by atoms with Gasteiger partial charge in [-0.1, -0.05) is 19.1 Å². The first-order chi connectivity index (χ1) is 9.28. The SMILES string of the molecule is CNC(c1cccc(OC2CC2)c1)C1OCCC1C. The van der Waals surface area contributed by atoms with Gasteiger partial charge in [0, 0.05) is 6.61 Å². The molecule has 1 heterocycles. The van der Waals surface area contributed by atoms with Gasteiger partial charge >= 0.3 is 0 Å².